The molecule has 0 aliphatic heterocycles. The lowest BCUT2D eigenvalue weighted by molar-refractivity contribution is 0.237. The number of hydrogen-bond donors (Lipinski definition) is 2. The summed E-state index contributed by atoms with van der Waals surface area (Å²) in [6.07, 6.45) is 0.910. The van der Waals surface area contributed by atoms with Crippen LogP contribution in [0.4, 0.5) is 0 Å². The molecule has 5 nitrogen and oxygen atoms in total. The van der Waals surface area contributed by atoms with Gasteiger partial charge in [-0.05, 0) is 13.3 Å². The van der Waals surface area contributed by atoms with E-state index in [9.17, 15) is 0 Å². The minimum Gasteiger partial charge on any atom is -0.395 e. The second-order valence-electron chi connectivity index (χ2n) is 3.39. The second-order valence-corrected chi connectivity index (χ2v) is 3.39. The molecule has 0 saturated heterocycles. The molecule has 1 unspecified atom stereocenters. The van der Waals surface area contributed by atoms with Gasteiger partial charge >= 0.3 is 0 Å². The standard InChI is InChI=1S/C9H18N4O/c1-4-8(6-14)10-5-9-12-11-7(2)13(9)3/h8,10,14H,4-6H2,1-3H3. The van der Waals surface area contributed by atoms with Gasteiger partial charge in [-0.3, -0.25) is 0 Å². The SMILES string of the molecule is CCC(CO)NCc1nnc(C)n1C. The minimum atomic E-state index is 0.145. The van der Waals surface area contributed by atoms with Crippen LogP contribution in [0.25, 0.3) is 0 Å². The highest BCUT2D eigenvalue weighted by Crippen LogP contribution is 1.98. The maximum Gasteiger partial charge on any atom is 0.146 e. The van der Waals surface area contributed by atoms with Crippen LogP contribution >= 0.6 is 0 Å². The van der Waals surface area contributed by atoms with E-state index in [0.29, 0.717) is 6.54 Å². The molecule has 0 saturated carbocycles. The molecule has 5 heteroatoms. The van der Waals surface area contributed by atoms with E-state index in [4.69, 9.17) is 5.11 Å². The Kier molecular flexibility index (Phi) is 4.03. The molecule has 80 valence electrons. The Balaban J connectivity index is 2.49. The van der Waals surface area contributed by atoms with Crippen LogP contribution in [0.3, 0.4) is 0 Å². The normalized spacial score (nSPS) is 13.1. The molecule has 14 heavy (non-hydrogen) atoms. The van der Waals surface area contributed by atoms with Gasteiger partial charge in [-0.25, -0.2) is 0 Å². The number of aryl methyl sites for hydroxylation is 1. The fourth-order valence-electron chi connectivity index (χ4n) is 1.18. The Labute approximate surface area is 84.2 Å². The Morgan fingerprint density at radius 1 is 1.50 bits per heavy atom. The molecule has 0 amide bonds. The van der Waals surface area contributed by atoms with Crippen LogP contribution in [-0.2, 0) is 13.6 Å². The zero-order valence-electron chi connectivity index (χ0n) is 8.99. The third-order valence-electron chi connectivity index (χ3n) is 2.44. The van der Waals surface area contributed by atoms with Crippen molar-refractivity contribution in [2.24, 2.45) is 7.05 Å². The van der Waals surface area contributed by atoms with Crippen molar-refractivity contribution in [3.8, 4) is 0 Å². The number of nitrogens with zero attached hydrogens (tertiary/aromatic N) is 3. The lowest BCUT2D eigenvalue weighted by atomic mass is 10.2. The molecule has 0 spiro atoms. The maximum absolute atomic E-state index is 8.97. The third kappa shape index (κ3) is 2.52. The Morgan fingerprint density at radius 2 is 2.21 bits per heavy atom. The van der Waals surface area contributed by atoms with Crippen LogP contribution in [-0.4, -0.2) is 32.5 Å². The first-order valence-corrected chi connectivity index (χ1v) is 4.88. The summed E-state index contributed by atoms with van der Waals surface area (Å²) < 4.78 is 1.94. The Morgan fingerprint density at radius 3 is 2.64 bits per heavy atom. The maximum atomic E-state index is 8.97. The summed E-state index contributed by atoms with van der Waals surface area (Å²) in [5.41, 5.74) is 0. The number of aliphatic hydroxyl groups excluding tert-OH is 1. The van der Waals surface area contributed by atoms with Gasteiger partial charge in [-0.15, -0.1) is 10.2 Å². The first kappa shape index (κ1) is 11.1. The predicted molar refractivity (Wildman–Crippen MR) is 53.7 cm³/mol. The summed E-state index contributed by atoms with van der Waals surface area (Å²) >= 11 is 0. The fourth-order valence-corrected chi connectivity index (χ4v) is 1.18. The largest absolute Gasteiger partial charge is 0.395 e. The number of aromatic nitrogens is 3. The average Bonchev–Trinajstić information content (AvgIpc) is 2.51. The molecule has 0 aromatic carbocycles. The molecule has 1 aromatic rings. The van der Waals surface area contributed by atoms with Crippen molar-refractivity contribution in [1.29, 1.82) is 0 Å². The van der Waals surface area contributed by atoms with Gasteiger partial charge in [0.15, 0.2) is 0 Å². The van der Waals surface area contributed by atoms with Gasteiger partial charge < -0.3 is 15.0 Å². The van der Waals surface area contributed by atoms with Crippen LogP contribution in [0.5, 0.6) is 0 Å². The molecular formula is C9H18N4O. The summed E-state index contributed by atoms with van der Waals surface area (Å²) in [5.74, 6) is 1.80. The summed E-state index contributed by atoms with van der Waals surface area (Å²) in [6.45, 7) is 4.76. The molecule has 2 N–H and O–H groups in total. The summed E-state index contributed by atoms with van der Waals surface area (Å²) in [6, 6.07) is 0.145. The lowest BCUT2D eigenvalue weighted by Gasteiger charge is -2.13. The summed E-state index contributed by atoms with van der Waals surface area (Å²) in [4.78, 5) is 0. The molecule has 1 rings (SSSR count). The summed E-state index contributed by atoms with van der Waals surface area (Å²) in [5, 5.41) is 20.2. The van der Waals surface area contributed by atoms with Crippen molar-refractivity contribution in [2.45, 2.75) is 32.9 Å². The molecule has 0 bridgehead atoms. The highest BCUT2D eigenvalue weighted by atomic mass is 16.3. The zero-order valence-corrected chi connectivity index (χ0v) is 8.99. The van der Waals surface area contributed by atoms with Crippen LogP contribution in [0.1, 0.15) is 25.0 Å². The van der Waals surface area contributed by atoms with E-state index in [1.165, 1.54) is 0 Å². The summed E-state index contributed by atoms with van der Waals surface area (Å²) in [7, 11) is 1.94. The van der Waals surface area contributed by atoms with Gasteiger partial charge in [0, 0.05) is 13.1 Å². The molecule has 0 fully saturated rings. The number of aliphatic hydroxyl groups is 1. The van der Waals surface area contributed by atoms with E-state index < -0.39 is 0 Å². The van der Waals surface area contributed by atoms with Crippen molar-refractivity contribution in [2.75, 3.05) is 6.61 Å². The molecule has 0 aliphatic rings. The number of hydrogen-bond acceptors (Lipinski definition) is 4. The average molecular weight is 198 g/mol. The van der Waals surface area contributed by atoms with Crippen molar-refractivity contribution < 1.29 is 5.11 Å². The number of nitrogens with one attached hydrogen (secondary N) is 1. The molecule has 0 radical (unpaired) electrons. The quantitative estimate of drug-likeness (QED) is 0.698. The van der Waals surface area contributed by atoms with E-state index in [-0.39, 0.29) is 12.6 Å². The van der Waals surface area contributed by atoms with Crippen molar-refractivity contribution in [3.05, 3.63) is 11.6 Å². The fraction of sp³-hybridized carbons (Fsp3) is 0.778. The van der Waals surface area contributed by atoms with Crippen LogP contribution in [0.2, 0.25) is 0 Å². The molecular weight excluding hydrogens is 180 g/mol. The zero-order chi connectivity index (χ0) is 10.6. The van der Waals surface area contributed by atoms with Crippen LogP contribution in [0, 0.1) is 6.92 Å². The van der Waals surface area contributed by atoms with Gasteiger partial charge in [0.2, 0.25) is 0 Å². The molecule has 0 aliphatic carbocycles. The molecule has 1 heterocycles. The van der Waals surface area contributed by atoms with Crippen molar-refractivity contribution in [3.63, 3.8) is 0 Å². The second kappa shape index (κ2) is 5.07. The first-order valence-electron chi connectivity index (χ1n) is 4.88. The lowest BCUT2D eigenvalue weighted by Crippen LogP contribution is -2.32. The monoisotopic (exact) mass is 198 g/mol. The van der Waals surface area contributed by atoms with Gasteiger partial charge in [-0.2, -0.15) is 0 Å². The van der Waals surface area contributed by atoms with E-state index >= 15 is 0 Å². The predicted octanol–water partition coefficient (Wildman–Crippen LogP) is -0.0160. The van der Waals surface area contributed by atoms with Gasteiger partial charge in [0.1, 0.15) is 11.6 Å². The highest BCUT2D eigenvalue weighted by Gasteiger charge is 2.07. The number of rotatable bonds is 5. The van der Waals surface area contributed by atoms with Gasteiger partial charge in [-0.1, -0.05) is 6.92 Å². The molecule has 1 aromatic heterocycles. The topological polar surface area (TPSA) is 63.0 Å². The van der Waals surface area contributed by atoms with Crippen molar-refractivity contribution in [1.82, 2.24) is 20.1 Å². The molecule has 1 atom stereocenters. The first-order chi connectivity index (χ1) is 6.69. The third-order valence-corrected chi connectivity index (χ3v) is 2.44. The Hall–Kier alpha value is -0.940. The van der Waals surface area contributed by atoms with E-state index in [1.54, 1.807) is 0 Å². The Bertz CT molecular complexity index is 280. The van der Waals surface area contributed by atoms with Gasteiger partial charge in [0.05, 0.1) is 13.2 Å². The van der Waals surface area contributed by atoms with Crippen LogP contribution < -0.4 is 5.32 Å². The van der Waals surface area contributed by atoms with Crippen molar-refractivity contribution >= 4 is 0 Å². The van der Waals surface area contributed by atoms with E-state index in [1.807, 2.05) is 25.5 Å². The minimum absolute atomic E-state index is 0.145. The smallest absolute Gasteiger partial charge is 0.146 e. The van der Waals surface area contributed by atoms with E-state index in [0.717, 1.165) is 18.1 Å². The van der Waals surface area contributed by atoms with E-state index in [2.05, 4.69) is 15.5 Å². The van der Waals surface area contributed by atoms with Crippen LogP contribution in [0.15, 0.2) is 0 Å². The van der Waals surface area contributed by atoms with Gasteiger partial charge in [0.25, 0.3) is 0 Å². The highest BCUT2D eigenvalue weighted by molar-refractivity contribution is 4.92.